The number of aromatic amines is 1. The number of carbonyl (C=O) groups excluding carboxylic acids is 2. The highest BCUT2D eigenvalue weighted by molar-refractivity contribution is 5.97. The van der Waals surface area contributed by atoms with Crippen molar-refractivity contribution >= 4 is 22.7 Å². The molecule has 2 aliphatic heterocycles. The molecule has 2 aliphatic rings. The van der Waals surface area contributed by atoms with Gasteiger partial charge in [-0.15, -0.1) is 0 Å². The molecule has 3 aromatic rings. The fourth-order valence-corrected chi connectivity index (χ4v) is 4.26. The third kappa shape index (κ3) is 3.22. The van der Waals surface area contributed by atoms with Gasteiger partial charge in [-0.3, -0.25) is 14.4 Å². The third-order valence-electron chi connectivity index (χ3n) is 5.84. The van der Waals surface area contributed by atoms with E-state index in [9.17, 15) is 14.4 Å². The van der Waals surface area contributed by atoms with Crippen LogP contribution >= 0.6 is 0 Å². The molecule has 2 amide bonds. The molecule has 0 saturated carbocycles. The maximum Gasteiger partial charge on any atom is 0.259 e. The van der Waals surface area contributed by atoms with E-state index >= 15 is 0 Å². The van der Waals surface area contributed by atoms with Crippen molar-refractivity contribution in [1.82, 2.24) is 14.8 Å². The van der Waals surface area contributed by atoms with Gasteiger partial charge in [0.15, 0.2) is 0 Å². The summed E-state index contributed by atoms with van der Waals surface area (Å²) >= 11 is 0. The molecule has 3 heterocycles. The summed E-state index contributed by atoms with van der Waals surface area (Å²) in [5.74, 6) is 1.06. The van der Waals surface area contributed by atoms with Gasteiger partial charge in [0.05, 0.1) is 0 Å². The van der Waals surface area contributed by atoms with Crippen LogP contribution in [0.3, 0.4) is 0 Å². The standard InChI is InChI=1S/C23H21N3O4/c27-21-9-6-15-14-25(10-11-26(15)21)23(29)19-13-24-20-8-7-17(12-18(20)22(19)28)30-16-4-2-1-3-5-16/h1-5,7-8,12-13,15H,6,9-11,14H2,(H,24,28). The van der Waals surface area contributed by atoms with Crippen LogP contribution in [0.15, 0.2) is 59.5 Å². The quantitative estimate of drug-likeness (QED) is 0.729. The van der Waals surface area contributed by atoms with E-state index in [-0.39, 0.29) is 28.8 Å². The first-order chi connectivity index (χ1) is 14.6. The number of carbonyl (C=O) groups is 2. The van der Waals surface area contributed by atoms with E-state index in [4.69, 9.17) is 4.74 Å². The van der Waals surface area contributed by atoms with E-state index in [1.165, 1.54) is 6.20 Å². The van der Waals surface area contributed by atoms with Crippen LogP contribution < -0.4 is 10.2 Å². The monoisotopic (exact) mass is 403 g/mol. The molecule has 0 aliphatic carbocycles. The van der Waals surface area contributed by atoms with E-state index in [1.54, 1.807) is 23.1 Å². The maximum atomic E-state index is 13.1. The number of fused-ring (bicyclic) bond motifs is 2. The number of piperazine rings is 1. The molecule has 1 N–H and O–H groups in total. The Labute approximate surface area is 172 Å². The molecule has 0 radical (unpaired) electrons. The Morgan fingerprint density at radius 3 is 2.70 bits per heavy atom. The fourth-order valence-electron chi connectivity index (χ4n) is 4.26. The first kappa shape index (κ1) is 18.4. The minimum atomic E-state index is -0.322. The number of hydrogen-bond acceptors (Lipinski definition) is 4. The Kier molecular flexibility index (Phi) is 4.50. The van der Waals surface area contributed by atoms with Crippen molar-refractivity contribution in [2.75, 3.05) is 19.6 Å². The van der Waals surface area contributed by atoms with Crippen molar-refractivity contribution in [3.63, 3.8) is 0 Å². The van der Waals surface area contributed by atoms with Crippen molar-refractivity contribution in [3.8, 4) is 11.5 Å². The van der Waals surface area contributed by atoms with Gasteiger partial charge in [-0.2, -0.15) is 0 Å². The summed E-state index contributed by atoms with van der Waals surface area (Å²) < 4.78 is 5.83. The molecule has 2 aromatic carbocycles. The molecular weight excluding hydrogens is 382 g/mol. The third-order valence-corrected chi connectivity index (χ3v) is 5.84. The Balaban J connectivity index is 1.43. The topological polar surface area (TPSA) is 82.7 Å². The largest absolute Gasteiger partial charge is 0.457 e. The molecule has 5 rings (SSSR count). The number of rotatable bonds is 3. The molecule has 2 saturated heterocycles. The van der Waals surface area contributed by atoms with Crippen LogP contribution in [0.4, 0.5) is 0 Å². The number of benzene rings is 2. The van der Waals surface area contributed by atoms with Gasteiger partial charge in [0.25, 0.3) is 5.91 Å². The van der Waals surface area contributed by atoms with Gasteiger partial charge >= 0.3 is 0 Å². The zero-order valence-electron chi connectivity index (χ0n) is 16.3. The van der Waals surface area contributed by atoms with E-state index < -0.39 is 0 Å². The van der Waals surface area contributed by atoms with Crippen molar-refractivity contribution in [1.29, 1.82) is 0 Å². The highest BCUT2D eigenvalue weighted by Gasteiger charge is 2.37. The lowest BCUT2D eigenvalue weighted by atomic mass is 10.1. The number of H-pyrrole nitrogens is 1. The number of pyridine rings is 1. The Morgan fingerprint density at radius 2 is 1.87 bits per heavy atom. The lowest BCUT2D eigenvalue weighted by molar-refractivity contribution is -0.130. The SMILES string of the molecule is O=C(c1c[nH]c2ccc(Oc3ccccc3)cc2c1=O)N1CCN2C(=O)CCC2C1. The lowest BCUT2D eigenvalue weighted by Crippen LogP contribution is -2.53. The lowest BCUT2D eigenvalue weighted by Gasteiger charge is -2.37. The maximum absolute atomic E-state index is 13.1. The Bertz CT molecular complexity index is 1190. The summed E-state index contributed by atoms with van der Waals surface area (Å²) in [6.07, 6.45) is 2.78. The van der Waals surface area contributed by atoms with E-state index in [0.717, 1.165) is 6.42 Å². The van der Waals surface area contributed by atoms with Gasteiger partial charge in [-0.25, -0.2) is 0 Å². The second-order valence-corrected chi connectivity index (χ2v) is 7.68. The number of para-hydroxylation sites is 1. The van der Waals surface area contributed by atoms with E-state index in [1.807, 2.05) is 35.2 Å². The van der Waals surface area contributed by atoms with Gasteiger partial charge in [0, 0.05) is 49.2 Å². The van der Waals surface area contributed by atoms with Gasteiger partial charge in [0.2, 0.25) is 11.3 Å². The van der Waals surface area contributed by atoms with Gasteiger partial charge < -0.3 is 19.5 Å². The summed E-state index contributed by atoms with van der Waals surface area (Å²) in [4.78, 5) is 44.7. The second kappa shape index (κ2) is 7.33. The van der Waals surface area contributed by atoms with Crippen LogP contribution in [-0.4, -0.2) is 52.3 Å². The molecule has 7 heteroatoms. The first-order valence-electron chi connectivity index (χ1n) is 10.1. The summed E-state index contributed by atoms with van der Waals surface area (Å²) in [7, 11) is 0. The van der Waals surface area contributed by atoms with Crippen LogP contribution in [0.25, 0.3) is 10.9 Å². The van der Waals surface area contributed by atoms with E-state index in [0.29, 0.717) is 48.5 Å². The van der Waals surface area contributed by atoms with E-state index in [2.05, 4.69) is 4.98 Å². The zero-order valence-corrected chi connectivity index (χ0v) is 16.3. The average Bonchev–Trinajstić information content (AvgIpc) is 3.15. The highest BCUT2D eigenvalue weighted by atomic mass is 16.5. The molecule has 7 nitrogen and oxygen atoms in total. The summed E-state index contributed by atoms with van der Waals surface area (Å²) in [5.41, 5.74) is 0.428. The second-order valence-electron chi connectivity index (χ2n) is 7.68. The molecule has 30 heavy (non-hydrogen) atoms. The summed E-state index contributed by atoms with van der Waals surface area (Å²) in [5, 5.41) is 0.406. The smallest absolute Gasteiger partial charge is 0.259 e. The number of amides is 2. The van der Waals surface area contributed by atoms with Gasteiger partial charge in [-0.1, -0.05) is 18.2 Å². The highest BCUT2D eigenvalue weighted by Crippen LogP contribution is 2.25. The van der Waals surface area contributed by atoms with Crippen LogP contribution in [0.1, 0.15) is 23.2 Å². The summed E-state index contributed by atoms with van der Waals surface area (Å²) in [6, 6.07) is 14.6. The van der Waals surface area contributed by atoms with Crippen LogP contribution in [0.2, 0.25) is 0 Å². The zero-order chi connectivity index (χ0) is 20.7. The first-order valence-corrected chi connectivity index (χ1v) is 10.1. The molecule has 1 aromatic heterocycles. The minimum Gasteiger partial charge on any atom is -0.457 e. The fraction of sp³-hybridized carbons (Fsp3) is 0.261. The van der Waals surface area contributed by atoms with Gasteiger partial charge in [-0.05, 0) is 36.8 Å². The number of ether oxygens (including phenoxy) is 1. The Morgan fingerprint density at radius 1 is 1.03 bits per heavy atom. The molecular formula is C23H21N3O4. The van der Waals surface area contributed by atoms with Crippen molar-refractivity contribution in [3.05, 3.63) is 70.5 Å². The molecule has 152 valence electrons. The average molecular weight is 403 g/mol. The van der Waals surface area contributed by atoms with Crippen molar-refractivity contribution in [2.24, 2.45) is 0 Å². The molecule has 1 atom stereocenters. The predicted octanol–water partition coefficient (Wildman–Crippen LogP) is 2.77. The molecule has 2 fully saturated rings. The predicted molar refractivity (Wildman–Crippen MR) is 112 cm³/mol. The van der Waals surface area contributed by atoms with Crippen molar-refractivity contribution < 1.29 is 14.3 Å². The minimum absolute atomic E-state index is 0.0561. The number of hydrogen-bond donors (Lipinski definition) is 1. The number of nitrogens with zero attached hydrogens (tertiary/aromatic N) is 2. The molecule has 0 spiro atoms. The Hall–Kier alpha value is -3.61. The number of nitrogens with one attached hydrogen (secondary N) is 1. The van der Waals surface area contributed by atoms with Crippen molar-refractivity contribution in [2.45, 2.75) is 18.9 Å². The molecule has 0 bridgehead atoms. The van der Waals surface area contributed by atoms with Crippen LogP contribution in [-0.2, 0) is 4.79 Å². The van der Waals surface area contributed by atoms with Crippen LogP contribution in [0.5, 0.6) is 11.5 Å². The normalized spacial score (nSPS) is 18.5. The molecule has 1 unspecified atom stereocenters. The summed E-state index contributed by atoms with van der Waals surface area (Å²) in [6.45, 7) is 1.44. The van der Waals surface area contributed by atoms with Crippen LogP contribution in [0, 0.1) is 0 Å². The number of aromatic nitrogens is 1. The van der Waals surface area contributed by atoms with Gasteiger partial charge in [0.1, 0.15) is 17.1 Å².